The number of alkyl halides is 6. The van der Waals surface area contributed by atoms with Gasteiger partial charge in [-0.25, -0.2) is 0 Å². The largest absolute Gasteiger partial charge is 0.416 e. The summed E-state index contributed by atoms with van der Waals surface area (Å²) in [4.78, 5) is 24.5. The van der Waals surface area contributed by atoms with E-state index in [1.807, 2.05) is 0 Å². The Bertz CT molecular complexity index is 970. The zero-order valence-corrected chi connectivity index (χ0v) is 16.5. The molecule has 0 radical (unpaired) electrons. The van der Waals surface area contributed by atoms with Crippen LogP contribution in [0.1, 0.15) is 46.3 Å². The maximum absolute atomic E-state index is 13.2. The highest BCUT2D eigenvalue weighted by Gasteiger charge is 2.38. The highest BCUT2D eigenvalue weighted by Crippen LogP contribution is 2.37. The number of amides is 1. The second kappa shape index (κ2) is 8.79. The fourth-order valence-corrected chi connectivity index (χ4v) is 3.75. The standard InChI is InChI=1S/C21H18F6N2O3/c22-20(23,24)15-10-14(11-16(12-15)21(25,26)27)19(30)28-8-2-1-3-18(28)9-13-4-6-17(7-5-13)29(31)32/h4-7,10-12,18H,1-3,8-9H2. The van der Waals surface area contributed by atoms with Crippen molar-refractivity contribution in [3.63, 3.8) is 0 Å². The molecule has 32 heavy (non-hydrogen) atoms. The molecule has 0 bridgehead atoms. The summed E-state index contributed by atoms with van der Waals surface area (Å²) in [6, 6.07) is 6.04. The van der Waals surface area contributed by atoms with Crippen LogP contribution in [0, 0.1) is 10.1 Å². The number of hydrogen-bond donors (Lipinski definition) is 0. The van der Waals surface area contributed by atoms with Crippen molar-refractivity contribution in [2.45, 2.75) is 44.1 Å². The van der Waals surface area contributed by atoms with Gasteiger partial charge in [-0.05, 0) is 49.4 Å². The Kier molecular flexibility index (Phi) is 6.47. The molecular weight excluding hydrogens is 442 g/mol. The lowest BCUT2D eigenvalue weighted by Crippen LogP contribution is -2.45. The topological polar surface area (TPSA) is 63.5 Å². The van der Waals surface area contributed by atoms with Gasteiger partial charge in [-0.1, -0.05) is 12.1 Å². The Morgan fingerprint density at radius 3 is 2.03 bits per heavy atom. The molecule has 2 aromatic carbocycles. The third kappa shape index (κ3) is 5.38. The van der Waals surface area contributed by atoms with E-state index in [1.54, 1.807) is 0 Å². The minimum absolute atomic E-state index is 0.0126. The van der Waals surface area contributed by atoms with Crippen LogP contribution in [0.5, 0.6) is 0 Å². The number of carbonyl (C=O) groups is 1. The number of rotatable bonds is 4. The predicted octanol–water partition coefficient (Wildman–Crippen LogP) is 5.87. The van der Waals surface area contributed by atoms with E-state index in [4.69, 9.17) is 0 Å². The van der Waals surface area contributed by atoms with Gasteiger partial charge in [0, 0.05) is 30.3 Å². The minimum Gasteiger partial charge on any atom is -0.335 e. The van der Waals surface area contributed by atoms with Crippen LogP contribution in [0.4, 0.5) is 32.0 Å². The molecule has 1 amide bonds. The summed E-state index contributed by atoms with van der Waals surface area (Å²) in [5.74, 6) is -0.909. The lowest BCUT2D eigenvalue weighted by molar-refractivity contribution is -0.384. The van der Waals surface area contributed by atoms with E-state index in [0.29, 0.717) is 30.5 Å². The third-order valence-electron chi connectivity index (χ3n) is 5.34. The number of halogens is 6. The van der Waals surface area contributed by atoms with Crippen molar-refractivity contribution in [2.24, 2.45) is 0 Å². The molecule has 0 N–H and O–H groups in total. The highest BCUT2D eigenvalue weighted by atomic mass is 19.4. The smallest absolute Gasteiger partial charge is 0.335 e. The molecule has 1 saturated heterocycles. The van der Waals surface area contributed by atoms with Gasteiger partial charge in [0.25, 0.3) is 11.6 Å². The van der Waals surface area contributed by atoms with E-state index in [-0.39, 0.29) is 24.7 Å². The van der Waals surface area contributed by atoms with E-state index >= 15 is 0 Å². The molecule has 1 aliphatic heterocycles. The summed E-state index contributed by atoms with van der Waals surface area (Å²) in [5, 5.41) is 10.8. The van der Waals surface area contributed by atoms with Gasteiger partial charge >= 0.3 is 12.4 Å². The zero-order valence-electron chi connectivity index (χ0n) is 16.5. The highest BCUT2D eigenvalue weighted by molar-refractivity contribution is 5.95. The van der Waals surface area contributed by atoms with Crippen LogP contribution in [0.2, 0.25) is 0 Å². The molecule has 1 atom stereocenters. The number of non-ortho nitro benzene ring substituents is 1. The average Bonchev–Trinajstić information content (AvgIpc) is 2.72. The second-order valence-electron chi connectivity index (χ2n) is 7.57. The average molecular weight is 460 g/mol. The molecule has 0 spiro atoms. The van der Waals surface area contributed by atoms with Crippen LogP contribution in [0.15, 0.2) is 42.5 Å². The fourth-order valence-electron chi connectivity index (χ4n) is 3.75. The molecule has 1 fully saturated rings. The summed E-state index contributed by atoms with van der Waals surface area (Å²) in [6.45, 7) is 0.189. The van der Waals surface area contributed by atoms with Crippen molar-refractivity contribution in [2.75, 3.05) is 6.54 Å². The number of carbonyl (C=O) groups excluding carboxylic acids is 1. The zero-order chi connectivity index (χ0) is 23.7. The lowest BCUT2D eigenvalue weighted by atomic mass is 9.94. The Labute approximate surface area is 178 Å². The Balaban J connectivity index is 1.91. The summed E-state index contributed by atoms with van der Waals surface area (Å²) in [5.41, 5.74) is -3.21. The summed E-state index contributed by atoms with van der Waals surface area (Å²) >= 11 is 0. The van der Waals surface area contributed by atoms with Crippen molar-refractivity contribution in [1.29, 1.82) is 0 Å². The van der Waals surface area contributed by atoms with Crippen LogP contribution >= 0.6 is 0 Å². The second-order valence-corrected chi connectivity index (χ2v) is 7.57. The predicted molar refractivity (Wildman–Crippen MR) is 102 cm³/mol. The van der Waals surface area contributed by atoms with Crippen LogP contribution in [0.25, 0.3) is 0 Å². The van der Waals surface area contributed by atoms with Crippen LogP contribution in [0.3, 0.4) is 0 Å². The van der Waals surface area contributed by atoms with E-state index in [2.05, 4.69) is 0 Å². The minimum atomic E-state index is -5.05. The van der Waals surface area contributed by atoms with Crippen LogP contribution < -0.4 is 0 Å². The monoisotopic (exact) mass is 460 g/mol. The van der Waals surface area contributed by atoms with E-state index in [0.717, 1.165) is 6.42 Å². The SMILES string of the molecule is O=C(c1cc(C(F)(F)F)cc(C(F)(F)F)c1)N1CCCCC1Cc1ccc([N+](=O)[O-])cc1. The van der Waals surface area contributed by atoms with E-state index in [1.165, 1.54) is 29.2 Å². The summed E-state index contributed by atoms with van der Waals surface area (Å²) in [7, 11) is 0. The number of likely N-dealkylation sites (tertiary alicyclic amines) is 1. The quantitative estimate of drug-likeness (QED) is 0.326. The fraction of sp³-hybridized carbons (Fsp3) is 0.381. The van der Waals surface area contributed by atoms with Crippen molar-refractivity contribution in [1.82, 2.24) is 4.90 Å². The van der Waals surface area contributed by atoms with Gasteiger partial charge in [-0.2, -0.15) is 26.3 Å². The normalized spacial score (nSPS) is 17.3. The maximum atomic E-state index is 13.2. The number of hydrogen-bond acceptors (Lipinski definition) is 3. The Morgan fingerprint density at radius 2 is 1.53 bits per heavy atom. The molecule has 3 rings (SSSR count). The molecule has 11 heteroatoms. The van der Waals surface area contributed by atoms with Crippen molar-refractivity contribution < 1.29 is 36.1 Å². The molecule has 0 saturated carbocycles. The van der Waals surface area contributed by atoms with Gasteiger partial charge in [0.15, 0.2) is 0 Å². The summed E-state index contributed by atoms with van der Waals surface area (Å²) < 4.78 is 78.9. The molecule has 0 aliphatic carbocycles. The first-order valence-corrected chi connectivity index (χ1v) is 9.70. The van der Waals surface area contributed by atoms with Crippen molar-refractivity contribution in [3.05, 3.63) is 74.8 Å². The molecule has 2 aromatic rings. The molecule has 1 heterocycles. The van der Waals surface area contributed by atoms with Crippen LogP contribution in [-0.2, 0) is 18.8 Å². The van der Waals surface area contributed by atoms with Crippen molar-refractivity contribution in [3.8, 4) is 0 Å². The van der Waals surface area contributed by atoms with Crippen molar-refractivity contribution >= 4 is 11.6 Å². The number of benzene rings is 2. The van der Waals surface area contributed by atoms with Gasteiger partial charge < -0.3 is 4.90 Å². The number of piperidine rings is 1. The Morgan fingerprint density at radius 1 is 0.969 bits per heavy atom. The molecule has 0 aromatic heterocycles. The van der Waals surface area contributed by atoms with Crippen LogP contribution in [-0.4, -0.2) is 28.3 Å². The number of nitrogens with zero attached hydrogens (tertiary/aromatic N) is 2. The molecule has 172 valence electrons. The van der Waals surface area contributed by atoms with Gasteiger partial charge in [0.1, 0.15) is 0 Å². The van der Waals surface area contributed by atoms with E-state index in [9.17, 15) is 41.3 Å². The molecule has 1 unspecified atom stereocenters. The van der Waals surface area contributed by atoms with Gasteiger partial charge in [0.2, 0.25) is 0 Å². The molecule has 1 aliphatic rings. The molecule has 5 nitrogen and oxygen atoms in total. The first-order chi connectivity index (χ1) is 14.9. The molecular formula is C21H18F6N2O3. The first-order valence-electron chi connectivity index (χ1n) is 9.70. The first kappa shape index (κ1) is 23.6. The van der Waals surface area contributed by atoms with Gasteiger partial charge in [0.05, 0.1) is 16.1 Å². The van der Waals surface area contributed by atoms with Gasteiger partial charge in [-0.3, -0.25) is 14.9 Å². The summed E-state index contributed by atoms with van der Waals surface area (Å²) in [6.07, 6.45) is -8.01. The third-order valence-corrected chi connectivity index (χ3v) is 5.34. The van der Waals surface area contributed by atoms with Gasteiger partial charge in [-0.15, -0.1) is 0 Å². The number of nitro groups is 1. The lowest BCUT2D eigenvalue weighted by Gasteiger charge is -2.36. The maximum Gasteiger partial charge on any atom is 0.416 e. The van der Waals surface area contributed by atoms with E-state index < -0.39 is 45.9 Å². The Hall–Kier alpha value is -3.11. The number of nitro benzene ring substituents is 1.